The van der Waals surface area contributed by atoms with Crippen LogP contribution in [-0.4, -0.2) is 569 Å². The number of ether oxygens (including phenoxy) is 18. The SMILES string of the molecule is CC(=O)N[C@H]1[C@H]([C@H](N)[C@@H](C)O)O[C@@](O[C@H]2[C@H](O)[C@@H]([C@@H](O)CO)O[C@H](O[C@H]3[C@H](O[C@@H]4O[C@H](CO)[C@@H](O[C@@H]5O[C@H](CO)[C@H](O)[C@H](O)[C@H]5O)[C@H](O)[C@H]4O)[C@@H]([C@H](O)CO)O[C@H](O[C@H]4[C@@H]([C@H](O)CO)O[C@@](OC[C@H]5O[C@@H](OC[C@@H](O)[C@@H](O)[C@H](O)[C@@H](N)CO)[C@H](N)[C@@H](O)[C@@H]5O)(C(=O)O)C[C@H]4O)[C@H]3O[C@@H]3O[C@H](C(=O)O)[C@@H](O)[C@H](O)[C@H]3O)[C@H]2O[C@H]2O[C@H](C(=O)O)[C@@H](O)[C@H](O)[C@H]2O)(C(=O)O)C[C@@H]1O. The number of hydrogen-bond acceptors (Lipinski definition) is 55. The quantitative estimate of drug-likeness (QED) is 0.0272. The third-order valence-corrected chi connectivity index (χ3v) is 23.2. The molecule has 9 heterocycles. The second-order valence-electron chi connectivity index (χ2n) is 32.2. The Hall–Kier alpha value is -4.65. The van der Waals surface area contributed by atoms with E-state index in [4.69, 9.17) is 102 Å². The zero-order chi connectivity index (χ0) is 96.3. The van der Waals surface area contributed by atoms with E-state index in [0.717, 1.165) is 13.8 Å². The van der Waals surface area contributed by atoms with Gasteiger partial charge in [-0.3, -0.25) is 4.79 Å². The Morgan fingerprint density at radius 3 is 1.33 bits per heavy atom. The van der Waals surface area contributed by atoms with E-state index in [1.165, 1.54) is 0 Å². The third kappa shape index (κ3) is 23.3. The Balaban J connectivity index is 1.24. The van der Waals surface area contributed by atoms with Crippen LogP contribution in [0, 0.1) is 0 Å². The summed E-state index contributed by atoms with van der Waals surface area (Å²) in [5.74, 6) is -17.3. The lowest BCUT2D eigenvalue weighted by atomic mass is 9.87. The molecule has 9 saturated heterocycles. The molecule has 0 saturated carbocycles. The number of carboxylic acids is 4. The molecule has 1 amide bonds. The van der Waals surface area contributed by atoms with Gasteiger partial charge in [-0.25, -0.2) is 19.2 Å². The van der Waals surface area contributed by atoms with E-state index in [1.54, 1.807) is 0 Å². The highest BCUT2D eigenvalue weighted by molar-refractivity contribution is 5.77. The van der Waals surface area contributed by atoms with Crippen molar-refractivity contribution in [3.05, 3.63) is 0 Å². The van der Waals surface area contributed by atoms with Gasteiger partial charge in [0, 0.05) is 19.8 Å². The number of carboxylic acid groups (broad SMARTS) is 4. The lowest BCUT2D eigenvalue weighted by molar-refractivity contribution is -0.435. The maximum Gasteiger partial charge on any atom is 0.364 e. The minimum absolute atomic E-state index is 0.891. The van der Waals surface area contributed by atoms with Crippen molar-refractivity contribution in [3.8, 4) is 0 Å². The number of aliphatic hydroxyl groups excluding tert-OH is 29. The van der Waals surface area contributed by atoms with E-state index >= 15 is 0 Å². The summed E-state index contributed by atoms with van der Waals surface area (Å²) in [4.78, 5) is 66.5. The number of aliphatic carboxylic acids is 4. The third-order valence-electron chi connectivity index (χ3n) is 23.2. The van der Waals surface area contributed by atoms with Crippen molar-refractivity contribution in [1.82, 2.24) is 5.32 Å². The number of carbonyl (C=O) groups is 5. The fraction of sp³-hybridized carbons (Fsp3) is 0.928. The van der Waals surface area contributed by atoms with Gasteiger partial charge in [-0.2, -0.15) is 0 Å². The van der Waals surface area contributed by atoms with Gasteiger partial charge < -0.3 is 276 Å². The zero-order valence-electron chi connectivity index (χ0n) is 67.8. The topological polar surface area (TPSA) is 1010 Å². The molecule has 0 bridgehead atoms. The van der Waals surface area contributed by atoms with Crippen molar-refractivity contribution in [1.29, 1.82) is 0 Å². The molecule has 52 atom stereocenters. The molecule has 748 valence electrons. The second kappa shape index (κ2) is 45.5. The number of nitrogens with two attached hydrogens (primary N) is 3. The van der Waals surface area contributed by atoms with E-state index in [9.17, 15) is 192 Å². The number of amides is 1. The Kier molecular flexibility index (Phi) is 38.1. The normalized spacial score (nSPS) is 46.4. The molecule has 0 aromatic carbocycles. The standard InChI is InChI=1S/C69H116N4O56/c1-13(80)25(71)49-27(73-14(2)81)16(82)3-69(128-49,67(110)111)129-50-43(103)44(18(84)6-75)117-64(55(50)125-62-40(100)34(94)36(96)51(121-62)57(104)105)124-54-53(123-61-42(102)38(98)48(23(10-79)115-61)120-60-39(99)33(93)30(90)22(9-78)114-60)46(19(85)7-76)119-65(56(54)126-63-41(101)35(95)37(97)52(122-63)58(106)107)118-45-17(83)4-68(66(108)109,127-47(45)20(86)8-77)113-12-24-31(91)32(92)26(72)59(116-24)112-11-21(87)29(89)28(88)15(70)5-74/h13,15-56,59-65,74-80,82-103H,3-12,70-72H2,1-2H3,(H,73,81)(H,104,105)(H,106,107)(H,108,109)(H,110,111)/t13-,15+,16+,17-,18+,19-,20-,21-,22-,23-,24-,25-,26-,27-,28-,29-,30+,31-,32-,33+,34+,35+,36+,37+,38-,39-,40-,41-,42-,43-,44-,45-,46-,47-,48-,49+,50+,51+,52+,53-,54+,55+,56+,59-,60+,61+,62-,63+,64-,65+,68-,69+/m1/s1. The van der Waals surface area contributed by atoms with Crippen molar-refractivity contribution < 1.29 is 278 Å². The summed E-state index contributed by atoms with van der Waals surface area (Å²) in [5, 5.41) is 371. The molecular weight excluding hydrogens is 1780 g/mol. The fourth-order valence-electron chi connectivity index (χ4n) is 15.8. The van der Waals surface area contributed by atoms with Gasteiger partial charge in [-0.15, -0.1) is 0 Å². The summed E-state index contributed by atoms with van der Waals surface area (Å²) >= 11 is 0. The molecule has 0 unspecified atom stereocenters. The van der Waals surface area contributed by atoms with Crippen molar-refractivity contribution in [3.63, 3.8) is 0 Å². The van der Waals surface area contributed by atoms with Gasteiger partial charge in [-0.05, 0) is 6.92 Å². The summed E-state index contributed by atoms with van der Waals surface area (Å²) < 4.78 is 107. The molecule has 9 aliphatic rings. The number of rotatable bonds is 39. The predicted octanol–water partition coefficient (Wildman–Crippen LogP) is -24.1. The molecule has 60 nitrogen and oxygen atoms in total. The molecule has 0 spiro atoms. The number of aliphatic hydroxyl groups is 29. The Morgan fingerprint density at radius 2 is 0.837 bits per heavy atom. The van der Waals surface area contributed by atoms with E-state index < -0.39 is 413 Å². The first-order valence-electron chi connectivity index (χ1n) is 40.0. The molecule has 9 fully saturated rings. The molecular formula is C69H116N4O56. The highest BCUT2D eigenvalue weighted by Crippen LogP contribution is 2.46. The minimum atomic E-state index is -3.71. The molecule has 9 rings (SSSR count). The van der Waals surface area contributed by atoms with Crippen LogP contribution in [0.5, 0.6) is 0 Å². The number of hydrogen-bond donors (Lipinski definition) is 37. The van der Waals surface area contributed by atoms with Gasteiger partial charge in [0.1, 0.15) is 201 Å². The van der Waals surface area contributed by atoms with Gasteiger partial charge in [0.25, 0.3) is 11.6 Å². The summed E-state index contributed by atoms with van der Waals surface area (Å²) in [5.41, 5.74) is 17.9. The maximum atomic E-state index is 14.2. The Morgan fingerprint density at radius 1 is 0.411 bits per heavy atom. The maximum absolute atomic E-state index is 14.2. The number of carbonyl (C=O) groups excluding carboxylic acids is 1. The van der Waals surface area contributed by atoms with Crippen molar-refractivity contribution in [2.24, 2.45) is 17.2 Å². The molecule has 0 aliphatic carbocycles. The van der Waals surface area contributed by atoms with Crippen LogP contribution in [0.2, 0.25) is 0 Å². The minimum Gasteiger partial charge on any atom is -0.479 e. The van der Waals surface area contributed by atoms with Crippen LogP contribution in [-0.2, 0) is 109 Å². The summed E-state index contributed by atoms with van der Waals surface area (Å²) in [7, 11) is 0. The first kappa shape index (κ1) is 108. The van der Waals surface area contributed by atoms with E-state index in [-0.39, 0.29) is 0 Å². The first-order valence-corrected chi connectivity index (χ1v) is 40.0. The second-order valence-corrected chi connectivity index (χ2v) is 32.2. The monoisotopic (exact) mass is 1900 g/mol. The highest BCUT2D eigenvalue weighted by Gasteiger charge is 2.67. The lowest BCUT2D eigenvalue weighted by Gasteiger charge is -2.54. The van der Waals surface area contributed by atoms with Gasteiger partial charge in [0.05, 0.1) is 101 Å². The van der Waals surface area contributed by atoms with Gasteiger partial charge in [0.15, 0.2) is 56.2 Å². The van der Waals surface area contributed by atoms with Crippen LogP contribution >= 0.6 is 0 Å². The fourth-order valence-corrected chi connectivity index (χ4v) is 15.8. The predicted molar refractivity (Wildman–Crippen MR) is 390 cm³/mol. The smallest absolute Gasteiger partial charge is 0.364 e. The highest BCUT2D eigenvalue weighted by atomic mass is 16.8. The van der Waals surface area contributed by atoms with Gasteiger partial charge >= 0.3 is 23.9 Å². The molecule has 40 N–H and O–H groups in total. The summed E-state index contributed by atoms with van der Waals surface area (Å²) in [6.45, 7) is -8.90. The average Bonchev–Trinajstić information content (AvgIpc) is 0.738. The number of nitrogens with one attached hydrogen (secondary N) is 1. The van der Waals surface area contributed by atoms with Crippen LogP contribution in [0.1, 0.15) is 26.7 Å². The van der Waals surface area contributed by atoms with Gasteiger partial charge in [0.2, 0.25) is 5.91 Å². The van der Waals surface area contributed by atoms with Gasteiger partial charge in [-0.1, -0.05) is 0 Å². The van der Waals surface area contributed by atoms with Crippen molar-refractivity contribution in [2.75, 3.05) is 52.9 Å². The van der Waals surface area contributed by atoms with Crippen molar-refractivity contribution in [2.45, 2.75) is 345 Å². The van der Waals surface area contributed by atoms with Crippen LogP contribution in [0.25, 0.3) is 0 Å². The molecule has 0 aromatic heterocycles. The summed E-state index contributed by atoms with van der Waals surface area (Å²) in [6.07, 6.45) is -122. The largest absolute Gasteiger partial charge is 0.479 e. The Bertz CT molecular complexity index is 3570. The average molecular weight is 1900 g/mol. The van der Waals surface area contributed by atoms with Crippen LogP contribution in [0.4, 0.5) is 0 Å². The lowest BCUT2D eigenvalue weighted by Crippen LogP contribution is -2.73. The Labute approximate surface area is 725 Å². The van der Waals surface area contributed by atoms with Crippen molar-refractivity contribution >= 4 is 29.8 Å². The summed E-state index contributed by atoms with van der Waals surface area (Å²) in [6, 6.07) is -7.08. The molecule has 9 aliphatic heterocycles. The van der Waals surface area contributed by atoms with E-state index in [0.29, 0.717) is 0 Å². The van der Waals surface area contributed by atoms with Crippen LogP contribution in [0.15, 0.2) is 0 Å². The van der Waals surface area contributed by atoms with Crippen LogP contribution < -0.4 is 22.5 Å². The zero-order valence-corrected chi connectivity index (χ0v) is 67.8. The molecule has 60 heteroatoms. The molecule has 0 aromatic rings. The molecule has 0 radical (unpaired) electrons. The van der Waals surface area contributed by atoms with Crippen LogP contribution in [0.3, 0.4) is 0 Å². The van der Waals surface area contributed by atoms with E-state index in [1.807, 2.05) is 0 Å². The first-order chi connectivity index (χ1) is 60.4. The molecule has 129 heavy (non-hydrogen) atoms. The van der Waals surface area contributed by atoms with E-state index in [2.05, 4.69) is 5.32 Å².